The van der Waals surface area contributed by atoms with Crippen molar-refractivity contribution in [3.63, 3.8) is 0 Å². The molecule has 2 amide bonds. The molecule has 1 aliphatic heterocycles. The normalized spacial score (nSPS) is 31.6. The van der Waals surface area contributed by atoms with Gasteiger partial charge < -0.3 is 40.5 Å². The largest absolute Gasteiger partial charge is 0.465 e. The summed E-state index contributed by atoms with van der Waals surface area (Å²) in [4.78, 5) is 34.0. The first-order chi connectivity index (χ1) is 11.5. The van der Waals surface area contributed by atoms with Crippen LogP contribution in [0.3, 0.4) is 0 Å². The van der Waals surface area contributed by atoms with Crippen molar-refractivity contribution in [3.8, 4) is 0 Å². The fourth-order valence-electron chi connectivity index (χ4n) is 2.55. The van der Waals surface area contributed by atoms with Gasteiger partial charge in [-0.05, 0) is 0 Å². The van der Waals surface area contributed by atoms with Crippen LogP contribution < -0.4 is 10.6 Å². The molecule has 6 atom stereocenters. The van der Waals surface area contributed by atoms with Gasteiger partial charge in [-0.2, -0.15) is 0 Å². The maximum atomic E-state index is 11.7. The van der Waals surface area contributed by atoms with Gasteiger partial charge in [0.1, 0.15) is 12.2 Å². The minimum atomic E-state index is -2.57. The molecule has 0 spiro atoms. The lowest BCUT2D eigenvalue weighted by molar-refractivity contribution is -0.295. The molecule has 0 aromatic carbocycles. The first-order valence-corrected chi connectivity index (χ1v) is 7.56. The van der Waals surface area contributed by atoms with E-state index < -0.39 is 60.4 Å². The average Bonchev–Trinajstić information content (AvgIpc) is 2.53. The van der Waals surface area contributed by atoms with Crippen LogP contribution in [0, 0.1) is 0 Å². The van der Waals surface area contributed by atoms with Gasteiger partial charge in [0, 0.05) is 26.8 Å². The van der Waals surface area contributed by atoms with Crippen LogP contribution in [-0.4, -0.2) is 88.1 Å². The summed E-state index contributed by atoms with van der Waals surface area (Å²) < 4.78 is 9.60. The van der Waals surface area contributed by atoms with Crippen molar-refractivity contribution in [2.24, 2.45) is 0 Å². The molecule has 1 heterocycles. The maximum Gasteiger partial charge on any atom is 0.366 e. The highest BCUT2D eigenvalue weighted by Gasteiger charge is 2.54. The SMILES string of the molecule is COC(=O)C1(O)C[C@H](O)[C@@H](NC(C)=O)[C@H]([C@H](O)[C@H](O)CNC(C)=O)O1. The zero-order valence-electron chi connectivity index (χ0n) is 14.1. The lowest BCUT2D eigenvalue weighted by Crippen LogP contribution is -2.67. The summed E-state index contributed by atoms with van der Waals surface area (Å²) in [6.07, 6.45) is -6.96. The molecule has 0 radical (unpaired) electrons. The molecule has 0 saturated carbocycles. The van der Waals surface area contributed by atoms with Crippen LogP contribution in [0.1, 0.15) is 20.3 Å². The number of nitrogens with one attached hydrogen (secondary N) is 2. The second-order valence-electron chi connectivity index (χ2n) is 5.85. The topological polar surface area (TPSA) is 175 Å². The summed E-state index contributed by atoms with van der Waals surface area (Å²) in [6, 6.07) is -1.22. The molecule has 11 nitrogen and oxygen atoms in total. The second-order valence-corrected chi connectivity index (χ2v) is 5.85. The molecular weight excluding hydrogens is 340 g/mol. The van der Waals surface area contributed by atoms with Gasteiger partial charge >= 0.3 is 5.97 Å². The summed E-state index contributed by atoms with van der Waals surface area (Å²) in [5.41, 5.74) is 0. The van der Waals surface area contributed by atoms with E-state index >= 15 is 0 Å². The molecule has 6 N–H and O–H groups in total. The van der Waals surface area contributed by atoms with Crippen LogP contribution in [-0.2, 0) is 23.9 Å². The van der Waals surface area contributed by atoms with E-state index in [1.54, 1.807) is 0 Å². The van der Waals surface area contributed by atoms with Crippen molar-refractivity contribution >= 4 is 17.8 Å². The third kappa shape index (κ3) is 5.34. The van der Waals surface area contributed by atoms with E-state index in [0.717, 1.165) is 14.0 Å². The number of methoxy groups -OCH3 is 1. The Morgan fingerprint density at radius 2 is 1.88 bits per heavy atom. The Bertz CT molecular complexity index is 515. The van der Waals surface area contributed by atoms with E-state index in [0.29, 0.717) is 0 Å². The number of carbonyl (C=O) groups excluding carboxylic acids is 3. The number of rotatable bonds is 6. The van der Waals surface area contributed by atoms with Crippen molar-refractivity contribution in [1.29, 1.82) is 0 Å². The Balaban J connectivity index is 3.05. The number of hydrogen-bond acceptors (Lipinski definition) is 9. The predicted molar refractivity (Wildman–Crippen MR) is 80.8 cm³/mol. The fourth-order valence-corrected chi connectivity index (χ4v) is 2.55. The van der Waals surface area contributed by atoms with E-state index in [2.05, 4.69) is 15.4 Å². The average molecular weight is 364 g/mol. The fraction of sp³-hybridized carbons (Fsp3) is 0.786. The first kappa shape index (κ1) is 21.3. The minimum absolute atomic E-state index is 0.351. The minimum Gasteiger partial charge on any atom is -0.465 e. The van der Waals surface area contributed by atoms with Crippen molar-refractivity contribution in [3.05, 3.63) is 0 Å². The van der Waals surface area contributed by atoms with E-state index in [4.69, 9.17) is 4.74 Å². The number of hydrogen-bond donors (Lipinski definition) is 6. The van der Waals surface area contributed by atoms with Crippen LogP contribution in [0.5, 0.6) is 0 Å². The monoisotopic (exact) mass is 364 g/mol. The summed E-state index contributed by atoms with van der Waals surface area (Å²) >= 11 is 0. The molecule has 11 heteroatoms. The van der Waals surface area contributed by atoms with Crippen LogP contribution in [0.25, 0.3) is 0 Å². The molecule has 1 unspecified atom stereocenters. The number of ether oxygens (including phenoxy) is 2. The van der Waals surface area contributed by atoms with Crippen molar-refractivity contribution in [2.45, 2.75) is 56.5 Å². The highest BCUT2D eigenvalue weighted by molar-refractivity contribution is 5.78. The van der Waals surface area contributed by atoms with E-state index in [-0.39, 0.29) is 6.54 Å². The van der Waals surface area contributed by atoms with Crippen LogP contribution in [0.4, 0.5) is 0 Å². The molecule has 144 valence electrons. The zero-order valence-corrected chi connectivity index (χ0v) is 14.1. The molecule has 1 aliphatic rings. The van der Waals surface area contributed by atoms with Gasteiger partial charge in [0.05, 0.1) is 25.4 Å². The van der Waals surface area contributed by atoms with Gasteiger partial charge in [-0.3, -0.25) is 9.59 Å². The highest BCUT2D eigenvalue weighted by atomic mass is 16.7. The van der Waals surface area contributed by atoms with Crippen molar-refractivity contribution in [1.82, 2.24) is 10.6 Å². The van der Waals surface area contributed by atoms with Crippen LogP contribution in [0.2, 0.25) is 0 Å². The van der Waals surface area contributed by atoms with Crippen molar-refractivity contribution < 1.29 is 44.3 Å². The highest BCUT2D eigenvalue weighted by Crippen LogP contribution is 2.31. The Labute approximate surface area is 143 Å². The van der Waals surface area contributed by atoms with Gasteiger partial charge in [0.25, 0.3) is 5.79 Å². The standard InChI is InChI=1S/C14H24N2O9/c1-6(17)15-5-9(20)11(21)12-10(16-7(2)18)8(19)4-14(23,25-12)13(22)24-3/h8-12,19-21,23H,4-5H2,1-3H3,(H,15,17)(H,16,18)/t8-,9+,10+,11+,12+,14?/m0/s1. The smallest absolute Gasteiger partial charge is 0.366 e. The van der Waals surface area contributed by atoms with E-state index in [1.807, 2.05) is 0 Å². The molecule has 0 aromatic rings. The molecule has 0 aliphatic carbocycles. The Morgan fingerprint density at radius 1 is 1.28 bits per heavy atom. The number of esters is 1. The lowest BCUT2D eigenvalue weighted by Gasteiger charge is -2.45. The number of amides is 2. The van der Waals surface area contributed by atoms with Gasteiger partial charge in [0.15, 0.2) is 0 Å². The summed E-state index contributed by atoms with van der Waals surface area (Å²) in [5, 5.41) is 45.3. The number of aliphatic hydroxyl groups excluding tert-OH is 3. The first-order valence-electron chi connectivity index (χ1n) is 7.56. The molecule has 1 fully saturated rings. The molecule has 25 heavy (non-hydrogen) atoms. The summed E-state index contributed by atoms with van der Waals surface area (Å²) in [7, 11) is 0.993. The third-order valence-corrected chi connectivity index (χ3v) is 3.75. The van der Waals surface area contributed by atoms with Gasteiger partial charge in [-0.25, -0.2) is 4.79 Å². The maximum absolute atomic E-state index is 11.7. The Morgan fingerprint density at radius 3 is 2.36 bits per heavy atom. The Kier molecular flexibility index (Phi) is 7.26. The molecule has 1 rings (SSSR count). The molecular formula is C14H24N2O9. The van der Waals surface area contributed by atoms with Gasteiger partial charge in [0.2, 0.25) is 11.8 Å². The molecule has 0 bridgehead atoms. The van der Waals surface area contributed by atoms with Gasteiger partial charge in [-0.15, -0.1) is 0 Å². The lowest BCUT2D eigenvalue weighted by atomic mass is 9.88. The quantitative estimate of drug-likeness (QED) is 0.260. The molecule has 0 aromatic heterocycles. The van der Waals surface area contributed by atoms with Crippen LogP contribution >= 0.6 is 0 Å². The third-order valence-electron chi connectivity index (χ3n) is 3.75. The predicted octanol–water partition coefficient (Wildman–Crippen LogP) is -3.64. The van der Waals surface area contributed by atoms with Gasteiger partial charge in [-0.1, -0.05) is 0 Å². The van der Waals surface area contributed by atoms with E-state index in [9.17, 15) is 34.8 Å². The Hall–Kier alpha value is -1.79. The zero-order chi connectivity index (χ0) is 19.4. The second kappa shape index (κ2) is 8.54. The number of aliphatic hydroxyl groups is 4. The van der Waals surface area contributed by atoms with Crippen molar-refractivity contribution in [2.75, 3.05) is 13.7 Å². The summed E-state index contributed by atoms with van der Waals surface area (Å²) in [5.74, 6) is -4.80. The summed E-state index contributed by atoms with van der Waals surface area (Å²) in [6.45, 7) is 2.01. The number of carbonyl (C=O) groups is 3. The van der Waals surface area contributed by atoms with E-state index in [1.165, 1.54) is 6.92 Å². The molecule has 1 saturated heterocycles. The van der Waals surface area contributed by atoms with Crippen LogP contribution in [0.15, 0.2) is 0 Å².